The van der Waals surface area contributed by atoms with Crippen molar-refractivity contribution in [2.45, 2.75) is 6.42 Å². The minimum atomic E-state index is -0.430. The molecule has 0 unspecified atom stereocenters. The lowest BCUT2D eigenvalue weighted by Gasteiger charge is -2.05. The topological polar surface area (TPSA) is 61.2 Å². The van der Waals surface area contributed by atoms with Gasteiger partial charge in [0.05, 0.1) is 18.3 Å². The molecule has 4 aromatic rings. The zero-order valence-electron chi connectivity index (χ0n) is 15.9. The molecule has 0 saturated carbocycles. The van der Waals surface area contributed by atoms with E-state index in [1.165, 1.54) is 24.3 Å². The number of aromatic nitrogens is 2. The number of nitrogens with zero attached hydrogens (tertiary/aromatic N) is 2. The summed E-state index contributed by atoms with van der Waals surface area (Å²) in [6.45, 7) is 0. The van der Waals surface area contributed by atoms with Gasteiger partial charge in [-0.05, 0) is 60.7 Å². The molecular formula is C24H17FN2O3. The first-order chi connectivity index (χ1) is 14.6. The molecule has 1 aromatic heterocycles. The molecule has 0 aliphatic rings. The Labute approximate surface area is 172 Å². The molecule has 0 bridgehead atoms. The van der Waals surface area contributed by atoms with Crippen LogP contribution in [-0.4, -0.2) is 21.5 Å². The van der Waals surface area contributed by atoms with E-state index < -0.39 is 11.8 Å². The van der Waals surface area contributed by atoms with Gasteiger partial charge in [-0.3, -0.25) is 9.59 Å². The highest BCUT2D eigenvalue weighted by molar-refractivity contribution is 6.09. The minimum Gasteiger partial charge on any atom is -0.426 e. The smallest absolute Gasteiger partial charge is 0.315 e. The Morgan fingerprint density at radius 3 is 2.17 bits per heavy atom. The molecule has 0 aliphatic carbocycles. The van der Waals surface area contributed by atoms with E-state index in [-0.39, 0.29) is 12.2 Å². The third-order valence-corrected chi connectivity index (χ3v) is 4.46. The second-order valence-corrected chi connectivity index (χ2v) is 6.64. The fraction of sp³-hybridized carbons (Fsp3) is 0.0417. The van der Waals surface area contributed by atoms with Gasteiger partial charge in [0.25, 0.3) is 0 Å². The van der Waals surface area contributed by atoms with Crippen LogP contribution in [0.25, 0.3) is 5.69 Å². The maximum absolute atomic E-state index is 13.0. The van der Waals surface area contributed by atoms with Gasteiger partial charge in [-0.2, -0.15) is 5.10 Å². The normalized spacial score (nSPS) is 10.6. The van der Waals surface area contributed by atoms with Gasteiger partial charge in [-0.25, -0.2) is 9.07 Å². The second kappa shape index (κ2) is 8.53. The summed E-state index contributed by atoms with van der Waals surface area (Å²) in [5.41, 5.74) is 2.44. The van der Waals surface area contributed by atoms with Crippen LogP contribution in [0.2, 0.25) is 0 Å². The number of carbonyl (C=O) groups excluding carboxylic acids is 2. The molecule has 0 saturated heterocycles. The summed E-state index contributed by atoms with van der Waals surface area (Å²) in [6, 6.07) is 21.2. The van der Waals surface area contributed by atoms with Crippen molar-refractivity contribution in [2.75, 3.05) is 0 Å². The van der Waals surface area contributed by atoms with Crippen molar-refractivity contribution in [2.24, 2.45) is 0 Å². The summed E-state index contributed by atoms with van der Waals surface area (Å²) in [7, 11) is 0. The third kappa shape index (κ3) is 4.50. The fourth-order valence-corrected chi connectivity index (χ4v) is 2.95. The number of esters is 1. The van der Waals surface area contributed by atoms with Crippen LogP contribution in [0.4, 0.5) is 4.39 Å². The molecular weight excluding hydrogens is 383 g/mol. The number of carbonyl (C=O) groups is 2. The van der Waals surface area contributed by atoms with Crippen LogP contribution >= 0.6 is 0 Å². The van der Waals surface area contributed by atoms with E-state index in [0.717, 1.165) is 11.3 Å². The number of ether oxygens (including phenoxy) is 1. The van der Waals surface area contributed by atoms with Crippen LogP contribution < -0.4 is 4.74 Å². The summed E-state index contributed by atoms with van der Waals surface area (Å²) in [5.74, 6) is -0.726. The van der Waals surface area contributed by atoms with E-state index in [9.17, 15) is 14.0 Å². The molecule has 1 heterocycles. The van der Waals surface area contributed by atoms with Gasteiger partial charge < -0.3 is 4.74 Å². The first-order valence-corrected chi connectivity index (χ1v) is 9.28. The molecule has 0 amide bonds. The van der Waals surface area contributed by atoms with E-state index in [0.29, 0.717) is 16.9 Å². The molecule has 0 fully saturated rings. The van der Waals surface area contributed by atoms with Crippen LogP contribution in [0.1, 0.15) is 21.5 Å². The predicted molar refractivity (Wildman–Crippen MR) is 109 cm³/mol. The average Bonchev–Trinajstić information content (AvgIpc) is 3.23. The van der Waals surface area contributed by atoms with Gasteiger partial charge >= 0.3 is 5.97 Å². The number of para-hydroxylation sites is 1. The van der Waals surface area contributed by atoms with Gasteiger partial charge in [0.1, 0.15) is 11.6 Å². The van der Waals surface area contributed by atoms with Gasteiger partial charge in [-0.1, -0.05) is 18.2 Å². The molecule has 0 aliphatic heterocycles. The molecule has 30 heavy (non-hydrogen) atoms. The number of halogens is 1. The minimum absolute atomic E-state index is 0.0725. The molecule has 6 heteroatoms. The Hall–Kier alpha value is -4.06. The van der Waals surface area contributed by atoms with Crippen molar-refractivity contribution in [3.8, 4) is 11.4 Å². The number of rotatable bonds is 6. The van der Waals surface area contributed by atoms with Gasteiger partial charge in [0, 0.05) is 22.9 Å². The van der Waals surface area contributed by atoms with Crippen molar-refractivity contribution >= 4 is 11.8 Å². The average molecular weight is 400 g/mol. The number of hydrogen-bond acceptors (Lipinski definition) is 4. The van der Waals surface area contributed by atoms with E-state index in [1.54, 1.807) is 41.3 Å². The quantitative estimate of drug-likeness (QED) is 0.274. The maximum Gasteiger partial charge on any atom is 0.315 e. The van der Waals surface area contributed by atoms with Crippen LogP contribution in [0.3, 0.4) is 0 Å². The largest absolute Gasteiger partial charge is 0.426 e. The number of ketones is 1. The lowest BCUT2D eigenvalue weighted by Crippen LogP contribution is -2.11. The van der Waals surface area contributed by atoms with Crippen LogP contribution in [0.5, 0.6) is 5.75 Å². The molecule has 4 rings (SSSR count). The molecule has 148 valence electrons. The maximum atomic E-state index is 13.0. The zero-order valence-corrected chi connectivity index (χ0v) is 15.9. The highest BCUT2D eigenvalue weighted by atomic mass is 19.1. The van der Waals surface area contributed by atoms with Crippen molar-refractivity contribution in [3.63, 3.8) is 0 Å². The van der Waals surface area contributed by atoms with E-state index in [4.69, 9.17) is 4.74 Å². The van der Waals surface area contributed by atoms with E-state index >= 15 is 0 Å². The number of hydrogen-bond donors (Lipinski definition) is 0. The highest BCUT2D eigenvalue weighted by Gasteiger charge is 2.12. The van der Waals surface area contributed by atoms with E-state index in [1.807, 2.05) is 30.3 Å². The standard InChI is InChI=1S/C24H17FN2O3/c25-20-10-6-18(7-11-20)24(29)19-8-12-22(13-9-19)30-23(28)14-17-15-26-27(16-17)21-4-2-1-3-5-21/h1-13,15-16H,14H2. The van der Waals surface area contributed by atoms with Gasteiger partial charge in [-0.15, -0.1) is 0 Å². The van der Waals surface area contributed by atoms with Gasteiger partial charge in [0.15, 0.2) is 5.78 Å². The number of benzene rings is 3. The Morgan fingerprint density at radius 2 is 1.50 bits per heavy atom. The highest BCUT2D eigenvalue weighted by Crippen LogP contribution is 2.17. The summed E-state index contributed by atoms with van der Waals surface area (Å²) < 4.78 is 20.1. The molecule has 5 nitrogen and oxygen atoms in total. The zero-order chi connectivity index (χ0) is 20.9. The molecule has 0 N–H and O–H groups in total. The summed E-state index contributed by atoms with van der Waals surface area (Å²) in [5, 5.41) is 4.26. The van der Waals surface area contributed by atoms with Crippen molar-refractivity contribution in [3.05, 3.63) is 114 Å². The van der Waals surface area contributed by atoms with Crippen molar-refractivity contribution < 1.29 is 18.7 Å². The summed E-state index contributed by atoms with van der Waals surface area (Å²) in [6.07, 6.45) is 3.48. The van der Waals surface area contributed by atoms with E-state index in [2.05, 4.69) is 5.10 Å². The van der Waals surface area contributed by atoms with Gasteiger partial charge in [0.2, 0.25) is 0 Å². The Kier molecular flexibility index (Phi) is 5.48. The molecule has 3 aromatic carbocycles. The van der Waals surface area contributed by atoms with Crippen molar-refractivity contribution in [1.82, 2.24) is 9.78 Å². The fourth-order valence-electron chi connectivity index (χ4n) is 2.95. The lowest BCUT2D eigenvalue weighted by molar-refractivity contribution is -0.133. The molecule has 0 spiro atoms. The Morgan fingerprint density at radius 1 is 0.867 bits per heavy atom. The first-order valence-electron chi connectivity index (χ1n) is 9.28. The SMILES string of the molecule is O=C(Cc1cnn(-c2ccccc2)c1)Oc1ccc(C(=O)c2ccc(F)cc2)cc1. The second-order valence-electron chi connectivity index (χ2n) is 6.64. The summed E-state index contributed by atoms with van der Waals surface area (Å²) in [4.78, 5) is 24.7. The van der Waals surface area contributed by atoms with Crippen molar-refractivity contribution in [1.29, 1.82) is 0 Å². The third-order valence-electron chi connectivity index (χ3n) is 4.46. The molecule has 0 atom stereocenters. The molecule has 0 radical (unpaired) electrons. The van der Waals surface area contributed by atoms with Crippen LogP contribution in [-0.2, 0) is 11.2 Å². The predicted octanol–water partition coefficient (Wildman–Crippen LogP) is 4.39. The lowest BCUT2D eigenvalue weighted by atomic mass is 10.0. The Bertz CT molecular complexity index is 1170. The Balaban J connectivity index is 1.37. The van der Waals surface area contributed by atoms with Crippen LogP contribution in [0.15, 0.2) is 91.3 Å². The first kappa shape index (κ1) is 19.3. The summed E-state index contributed by atoms with van der Waals surface area (Å²) >= 11 is 0. The van der Waals surface area contributed by atoms with Crippen LogP contribution in [0, 0.1) is 5.82 Å². The monoisotopic (exact) mass is 400 g/mol.